The molecule has 0 saturated heterocycles. The zero-order chi connectivity index (χ0) is 14.5. The number of carbonyl (C=O) groups excluding carboxylic acids is 1. The Bertz CT molecular complexity index is 598. The molecule has 0 aromatic heterocycles. The fourth-order valence-corrected chi connectivity index (χ4v) is 2.41. The molecule has 0 bridgehead atoms. The Morgan fingerprint density at radius 2 is 1.95 bits per heavy atom. The van der Waals surface area contributed by atoms with E-state index in [1.54, 1.807) is 12.1 Å². The summed E-state index contributed by atoms with van der Waals surface area (Å²) < 4.78 is 13.8. The Kier molecular flexibility index (Phi) is 4.90. The number of hydrogen-bond acceptors (Lipinski definition) is 1. The lowest BCUT2D eigenvalue weighted by molar-refractivity contribution is -0.121. The van der Waals surface area contributed by atoms with Crippen molar-refractivity contribution < 1.29 is 9.18 Å². The van der Waals surface area contributed by atoms with Crippen LogP contribution in [0.2, 0.25) is 0 Å². The Morgan fingerprint density at radius 3 is 2.60 bits per heavy atom. The smallest absolute Gasteiger partial charge is 0.224 e. The monoisotopic (exact) mass is 335 g/mol. The molecule has 4 heteroatoms. The number of halogens is 2. The van der Waals surface area contributed by atoms with Crippen molar-refractivity contribution in [2.24, 2.45) is 0 Å². The molecule has 0 aliphatic rings. The zero-order valence-electron chi connectivity index (χ0n) is 11.1. The molecule has 0 fully saturated rings. The summed E-state index contributed by atoms with van der Waals surface area (Å²) in [6.45, 7) is 1.88. The minimum atomic E-state index is -0.276. The van der Waals surface area contributed by atoms with E-state index in [0.29, 0.717) is 6.42 Å². The van der Waals surface area contributed by atoms with E-state index in [1.807, 2.05) is 31.2 Å². The van der Waals surface area contributed by atoms with Crippen LogP contribution in [0.1, 0.15) is 24.1 Å². The minimum Gasteiger partial charge on any atom is -0.349 e. The van der Waals surface area contributed by atoms with Crippen LogP contribution in [0.4, 0.5) is 4.39 Å². The van der Waals surface area contributed by atoms with Crippen LogP contribution < -0.4 is 5.32 Å². The lowest BCUT2D eigenvalue weighted by Gasteiger charge is -2.14. The van der Waals surface area contributed by atoms with Crippen molar-refractivity contribution in [3.8, 4) is 0 Å². The van der Waals surface area contributed by atoms with Crippen molar-refractivity contribution in [1.82, 2.24) is 5.32 Å². The molecule has 2 nitrogen and oxygen atoms in total. The fourth-order valence-electron chi connectivity index (χ4n) is 1.96. The van der Waals surface area contributed by atoms with Crippen LogP contribution in [0.15, 0.2) is 53.0 Å². The molecule has 0 unspecified atom stereocenters. The molecular weight excluding hydrogens is 321 g/mol. The van der Waals surface area contributed by atoms with E-state index in [4.69, 9.17) is 0 Å². The van der Waals surface area contributed by atoms with Crippen LogP contribution in [0.3, 0.4) is 0 Å². The topological polar surface area (TPSA) is 29.1 Å². The second-order valence-corrected chi connectivity index (χ2v) is 5.56. The van der Waals surface area contributed by atoms with Crippen LogP contribution in [-0.4, -0.2) is 5.91 Å². The number of carbonyl (C=O) groups is 1. The SMILES string of the molecule is C[C@H](NC(=O)Cc1cccc(Br)c1)c1ccc(F)cc1. The molecule has 0 radical (unpaired) electrons. The summed E-state index contributed by atoms with van der Waals surface area (Å²) in [4.78, 5) is 12.0. The summed E-state index contributed by atoms with van der Waals surface area (Å²) >= 11 is 3.38. The summed E-state index contributed by atoms with van der Waals surface area (Å²) in [5, 5.41) is 2.91. The van der Waals surface area contributed by atoms with Crippen LogP contribution >= 0.6 is 15.9 Å². The predicted octanol–water partition coefficient (Wildman–Crippen LogP) is 4.01. The van der Waals surface area contributed by atoms with Gasteiger partial charge in [0.25, 0.3) is 0 Å². The van der Waals surface area contributed by atoms with E-state index in [1.165, 1.54) is 12.1 Å². The summed E-state index contributed by atoms with van der Waals surface area (Å²) in [5.74, 6) is -0.332. The van der Waals surface area contributed by atoms with Gasteiger partial charge in [-0.05, 0) is 42.3 Å². The van der Waals surface area contributed by atoms with Gasteiger partial charge < -0.3 is 5.32 Å². The maximum Gasteiger partial charge on any atom is 0.224 e. The first kappa shape index (κ1) is 14.7. The Morgan fingerprint density at radius 1 is 1.25 bits per heavy atom. The summed E-state index contributed by atoms with van der Waals surface area (Å²) in [7, 11) is 0. The highest BCUT2D eigenvalue weighted by molar-refractivity contribution is 9.10. The van der Waals surface area contributed by atoms with E-state index in [-0.39, 0.29) is 17.8 Å². The predicted molar refractivity (Wildman–Crippen MR) is 80.8 cm³/mol. The number of benzene rings is 2. The molecular formula is C16H15BrFNO. The van der Waals surface area contributed by atoms with Crippen molar-refractivity contribution in [3.05, 3.63) is 69.9 Å². The summed E-state index contributed by atoms with van der Waals surface area (Å²) in [6, 6.07) is 13.7. The lowest BCUT2D eigenvalue weighted by atomic mass is 10.1. The van der Waals surface area contributed by atoms with E-state index in [9.17, 15) is 9.18 Å². The second kappa shape index (κ2) is 6.66. The van der Waals surface area contributed by atoms with Gasteiger partial charge in [0.1, 0.15) is 5.82 Å². The normalized spacial score (nSPS) is 11.9. The van der Waals surface area contributed by atoms with Gasteiger partial charge in [-0.1, -0.05) is 40.2 Å². The third-order valence-electron chi connectivity index (χ3n) is 3.00. The van der Waals surface area contributed by atoms with Gasteiger partial charge in [0.2, 0.25) is 5.91 Å². The van der Waals surface area contributed by atoms with Gasteiger partial charge in [0.05, 0.1) is 12.5 Å². The largest absolute Gasteiger partial charge is 0.349 e. The molecule has 20 heavy (non-hydrogen) atoms. The molecule has 1 amide bonds. The molecule has 104 valence electrons. The summed E-state index contributed by atoms with van der Waals surface area (Å²) in [5.41, 5.74) is 1.83. The molecule has 0 aliphatic carbocycles. The van der Waals surface area contributed by atoms with Gasteiger partial charge in [0, 0.05) is 4.47 Å². The molecule has 0 spiro atoms. The van der Waals surface area contributed by atoms with Crippen LogP contribution in [0, 0.1) is 5.82 Å². The zero-order valence-corrected chi connectivity index (χ0v) is 12.7. The molecule has 1 atom stereocenters. The second-order valence-electron chi connectivity index (χ2n) is 4.65. The van der Waals surface area contributed by atoms with Crippen LogP contribution in [-0.2, 0) is 11.2 Å². The van der Waals surface area contributed by atoms with Crippen molar-refractivity contribution in [1.29, 1.82) is 0 Å². The fraction of sp³-hybridized carbons (Fsp3) is 0.188. The number of rotatable bonds is 4. The molecule has 2 rings (SSSR count). The van der Waals surface area contributed by atoms with Gasteiger partial charge in [-0.15, -0.1) is 0 Å². The minimum absolute atomic E-state index is 0.0556. The van der Waals surface area contributed by atoms with Gasteiger partial charge in [0.15, 0.2) is 0 Å². The first-order valence-corrected chi connectivity index (χ1v) is 7.13. The van der Waals surface area contributed by atoms with E-state index < -0.39 is 0 Å². The van der Waals surface area contributed by atoms with Gasteiger partial charge in [-0.2, -0.15) is 0 Å². The average Bonchev–Trinajstić information content (AvgIpc) is 2.39. The lowest BCUT2D eigenvalue weighted by Crippen LogP contribution is -2.28. The first-order valence-electron chi connectivity index (χ1n) is 6.34. The Balaban J connectivity index is 1.95. The number of nitrogens with one attached hydrogen (secondary N) is 1. The average molecular weight is 336 g/mol. The molecule has 0 aliphatic heterocycles. The van der Waals surface area contributed by atoms with E-state index in [0.717, 1.165) is 15.6 Å². The number of hydrogen-bond donors (Lipinski definition) is 1. The number of amides is 1. The van der Waals surface area contributed by atoms with Crippen molar-refractivity contribution in [2.45, 2.75) is 19.4 Å². The third-order valence-corrected chi connectivity index (χ3v) is 3.49. The third kappa shape index (κ3) is 4.17. The molecule has 2 aromatic carbocycles. The van der Waals surface area contributed by atoms with Crippen molar-refractivity contribution in [3.63, 3.8) is 0 Å². The molecule has 0 heterocycles. The standard InChI is InChI=1S/C16H15BrFNO/c1-11(13-5-7-15(18)8-6-13)19-16(20)10-12-3-2-4-14(17)9-12/h2-9,11H,10H2,1H3,(H,19,20)/t11-/m0/s1. The first-order chi connectivity index (χ1) is 9.54. The molecule has 0 saturated carbocycles. The maximum absolute atomic E-state index is 12.8. The van der Waals surface area contributed by atoms with Crippen LogP contribution in [0.5, 0.6) is 0 Å². The Hall–Kier alpha value is -1.68. The molecule has 2 aromatic rings. The molecule has 1 N–H and O–H groups in total. The maximum atomic E-state index is 12.8. The van der Waals surface area contributed by atoms with Gasteiger partial charge in [-0.25, -0.2) is 4.39 Å². The van der Waals surface area contributed by atoms with E-state index in [2.05, 4.69) is 21.2 Å². The summed E-state index contributed by atoms with van der Waals surface area (Å²) in [6.07, 6.45) is 0.324. The Labute approximate surface area is 126 Å². The highest BCUT2D eigenvalue weighted by atomic mass is 79.9. The van der Waals surface area contributed by atoms with Crippen molar-refractivity contribution >= 4 is 21.8 Å². The highest BCUT2D eigenvalue weighted by Gasteiger charge is 2.10. The quantitative estimate of drug-likeness (QED) is 0.898. The van der Waals surface area contributed by atoms with Crippen LogP contribution in [0.25, 0.3) is 0 Å². The van der Waals surface area contributed by atoms with Gasteiger partial charge >= 0.3 is 0 Å². The van der Waals surface area contributed by atoms with Crippen molar-refractivity contribution in [2.75, 3.05) is 0 Å². The van der Waals surface area contributed by atoms with Gasteiger partial charge in [-0.3, -0.25) is 4.79 Å². The highest BCUT2D eigenvalue weighted by Crippen LogP contribution is 2.15. The van der Waals surface area contributed by atoms with E-state index >= 15 is 0 Å².